The molecule has 0 amide bonds. The number of allylic oxidation sites excluding steroid dienone is 5. The zero-order chi connectivity index (χ0) is 29.1. The number of anilines is 1. The lowest BCUT2D eigenvalue weighted by Crippen LogP contribution is -2.36. The van der Waals surface area contributed by atoms with Gasteiger partial charge in [0, 0.05) is 42.6 Å². The minimum absolute atomic E-state index is 0.504. The van der Waals surface area contributed by atoms with Crippen LogP contribution in [0.5, 0.6) is 0 Å². The van der Waals surface area contributed by atoms with Gasteiger partial charge in [-0.25, -0.2) is 0 Å². The highest BCUT2D eigenvalue weighted by molar-refractivity contribution is 5.73. The molecule has 216 valence electrons. The molecule has 2 N–H and O–H groups in total. The van der Waals surface area contributed by atoms with Gasteiger partial charge < -0.3 is 15.5 Å². The second-order valence-corrected chi connectivity index (χ2v) is 11.4. The molecule has 3 rings (SSSR count). The van der Waals surface area contributed by atoms with Crippen molar-refractivity contribution in [1.29, 1.82) is 0 Å². The third kappa shape index (κ3) is 8.24. The van der Waals surface area contributed by atoms with E-state index in [0.29, 0.717) is 6.04 Å². The van der Waals surface area contributed by atoms with E-state index in [2.05, 4.69) is 119 Å². The Balaban J connectivity index is 2.06. The largest absolute Gasteiger partial charge is 0.369 e. The fourth-order valence-electron chi connectivity index (χ4n) is 5.92. The monoisotopic (exact) mass is 539 g/mol. The molecule has 2 aromatic carbocycles. The lowest BCUT2D eigenvalue weighted by molar-refractivity contribution is 0.519. The van der Waals surface area contributed by atoms with E-state index in [4.69, 9.17) is 0 Å². The SMILES string of the molecule is C=CCCC(CCC)N(CC)c1cc(-c2ccc(CNCCCC)cc2)cc(CC2=C(C)C=C(C)NC2=C)c1C. The van der Waals surface area contributed by atoms with E-state index in [1.807, 2.05) is 0 Å². The number of nitrogens with zero attached hydrogens (tertiary/aromatic N) is 1. The third-order valence-electron chi connectivity index (χ3n) is 8.22. The first-order valence-corrected chi connectivity index (χ1v) is 15.5. The third-order valence-corrected chi connectivity index (χ3v) is 8.22. The van der Waals surface area contributed by atoms with E-state index >= 15 is 0 Å². The Morgan fingerprint density at radius 2 is 1.73 bits per heavy atom. The topological polar surface area (TPSA) is 27.3 Å². The van der Waals surface area contributed by atoms with Gasteiger partial charge in [0.05, 0.1) is 0 Å². The van der Waals surface area contributed by atoms with Crippen LogP contribution >= 0.6 is 0 Å². The summed E-state index contributed by atoms with van der Waals surface area (Å²) in [5.41, 5.74) is 12.8. The maximum Gasteiger partial charge on any atom is 0.0407 e. The van der Waals surface area contributed by atoms with Crippen molar-refractivity contribution in [2.45, 2.75) is 99.1 Å². The standard InChI is InChI=1S/C37H53N3/c1-9-13-16-35(15-11-3)40(12-4)37-25-34(32-19-17-31(18-20-32)26-38-21-14-10-2)23-33(29(37)7)24-36-27(5)22-28(6)39-30(36)8/h9,17-20,22-23,25,35,38-39H,1,8,10-16,21,24,26H2,2-7H3. The summed E-state index contributed by atoms with van der Waals surface area (Å²) in [4.78, 5) is 2.65. The highest BCUT2D eigenvalue weighted by Crippen LogP contribution is 2.36. The van der Waals surface area contributed by atoms with Crippen molar-refractivity contribution >= 4 is 5.69 Å². The molecule has 3 heteroatoms. The Bertz CT molecular complexity index is 1200. The van der Waals surface area contributed by atoms with Gasteiger partial charge >= 0.3 is 0 Å². The van der Waals surface area contributed by atoms with Gasteiger partial charge in [-0.3, -0.25) is 0 Å². The molecule has 0 saturated heterocycles. The van der Waals surface area contributed by atoms with Gasteiger partial charge in [-0.05, 0) is 111 Å². The van der Waals surface area contributed by atoms with Gasteiger partial charge in [0.15, 0.2) is 0 Å². The van der Waals surface area contributed by atoms with Crippen molar-refractivity contribution in [2.75, 3.05) is 18.0 Å². The van der Waals surface area contributed by atoms with Crippen LogP contribution in [0.1, 0.15) is 89.8 Å². The Labute approximate surface area is 245 Å². The molecular formula is C37H53N3. The lowest BCUT2D eigenvalue weighted by Gasteiger charge is -2.35. The second kappa shape index (κ2) is 15.7. The minimum Gasteiger partial charge on any atom is -0.369 e. The summed E-state index contributed by atoms with van der Waals surface area (Å²) in [6.07, 6.45) is 12.2. The maximum absolute atomic E-state index is 4.37. The molecular weight excluding hydrogens is 486 g/mol. The quantitative estimate of drug-likeness (QED) is 0.164. The zero-order valence-corrected chi connectivity index (χ0v) is 26.1. The van der Waals surface area contributed by atoms with Crippen LogP contribution in [-0.2, 0) is 13.0 Å². The Kier molecular flexibility index (Phi) is 12.3. The molecule has 2 aromatic rings. The molecule has 1 atom stereocenters. The summed E-state index contributed by atoms with van der Waals surface area (Å²) in [5.74, 6) is 0. The van der Waals surface area contributed by atoms with Crippen LogP contribution in [0.15, 0.2) is 84.2 Å². The first-order chi connectivity index (χ1) is 19.3. The molecule has 1 heterocycles. The van der Waals surface area contributed by atoms with Crippen LogP contribution in [0.3, 0.4) is 0 Å². The van der Waals surface area contributed by atoms with Crippen LogP contribution in [0.4, 0.5) is 5.69 Å². The van der Waals surface area contributed by atoms with Crippen LogP contribution in [-0.4, -0.2) is 19.1 Å². The predicted molar refractivity (Wildman–Crippen MR) is 177 cm³/mol. The highest BCUT2D eigenvalue weighted by Gasteiger charge is 2.22. The molecule has 0 fully saturated rings. The van der Waals surface area contributed by atoms with Crippen molar-refractivity contribution in [3.05, 3.63) is 101 Å². The summed E-state index contributed by atoms with van der Waals surface area (Å²) in [5, 5.41) is 7.04. The fourth-order valence-corrected chi connectivity index (χ4v) is 5.92. The fraction of sp³-hybridized carbons (Fsp3) is 0.459. The Morgan fingerprint density at radius 3 is 2.35 bits per heavy atom. The maximum atomic E-state index is 4.37. The van der Waals surface area contributed by atoms with Crippen molar-refractivity contribution < 1.29 is 0 Å². The number of hydrogen-bond acceptors (Lipinski definition) is 3. The Hall–Kier alpha value is -3.04. The molecule has 3 nitrogen and oxygen atoms in total. The summed E-state index contributed by atoms with van der Waals surface area (Å²) >= 11 is 0. The lowest BCUT2D eigenvalue weighted by atomic mass is 9.89. The van der Waals surface area contributed by atoms with E-state index in [1.165, 1.54) is 70.3 Å². The van der Waals surface area contributed by atoms with Crippen molar-refractivity contribution in [3.63, 3.8) is 0 Å². The zero-order valence-electron chi connectivity index (χ0n) is 26.1. The predicted octanol–water partition coefficient (Wildman–Crippen LogP) is 9.39. The number of nitrogens with one attached hydrogen (secondary N) is 2. The van der Waals surface area contributed by atoms with E-state index in [0.717, 1.165) is 50.3 Å². The summed E-state index contributed by atoms with van der Waals surface area (Å²) in [6, 6.07) is 14.5. The van der Waals surface area contributed by atoms with Gasteiger partial charge in [-0.2, -0.15) is 0 Å². The van der Waals surface area contributed by atoms with E-state index in [9.17, 15) is 0 Å². The van der Waals surface area contributed by atoms with Gasteiger partial charge in [0.1, 0.15) is 0 Å². The van der Waals surface area contributed by atoms with Crippen molar-refractivity contribution in [1.82, 2.24) is 10.6 Å². The van der Waals surface area contributed by atoms with Crippen LogP contribution in [0.2, 0.25) is 0 Å². The number of rotatable bonds is 16. The summed E-state index contributed by atoms with van der Waals surface area (Å²) < 4.78 is 0. The number of hydrogen-bond donors (Lipinski definition) is 2. The van der Waals surface area contributed by atoms with Crippen LogP contribution in [0, 0.1) is 6.92 Å². The summed E-state index contributed by atoms with van der Waals surface area (Å²) in [6.45, 7) is 24.8. The molecule has 1 unspecified atom stereocenters. The molecule has 0 aliphatic carbocycles. The molecule has 1 aliphatic rings. The number of dihydropyridines is 1. The number of benzene rings is 2. The van der Waals surface area contributed by atoms with Gasteiger partial charge in [-0.1, -0.05) is 69.7 Å². The average molecular weight is 540 g/mol. The average Bonchev–Trinajstić information content (AvgIpc) is 2.94. The van der Waals surface area contributed by atoms with Crippen LogP contribution in [0.25, 0.3) is 11.1 Å². The van der Waals surface area contributed by atoms with Gasteiger partial charge in [0.25, 0.3) is 0 Å². The normalized spacial score (nSPS) is 14.2. The van der Waals surface area contributed by atoms with E-state index < -0.39 is 0 Å². The molecule has 0 saturated carbocycles. The molecule has 1 aliphatic heterocycles. The molecule has 0 spiro atoms. The summed E-state index contributed by atoms with van der Waals surface area (Å²) in [7, 11) is 0. The molecule has 0 radical (unpaired) electrons. The number of unbranched alkanes of at least 4 members (excludes halogenated alkanes) is 1. The molecule has 0 aromatic heterocycles. The smallest absolute Gasteiger partial charge is 0.0407 e. The molecule has 0 bridgehead atoms. The minimum atomic E-state index is 0.504. The van der Waals surface area contributed by atoms with Gasteiger partial charge in [0.2, 0.25) is 0 Å². The van der Waals surface area contributed by atoms with E-state index in [-0.39, 0.29) is 0 Å². The van der Waals surface area contributed by atoms with Crippen molar-refractivity contribution in [3.8, 4) is 11.1 Å². The van der Waals surface area contributed by atoms with Crippen molar-refractivity contribution in [2.24, 2.45) is 0 Å². The first-order valence-electron chi connectivity index (χ1n) is 15.5. The molecule has 40 heavy (non-hydrogen) atoms. The van der Waals surface area contributed by atoms with Gasteiger partial charge in [-0.15, -0.1) is 6.58 Å². The Morgan fingerprint density at radius 1 is 0.975 bits per heavy atom. The highest BCUT2D eigenvalue weighted by atomic mass is 15.2. The van der Waals surface area contributed by atoms with E-state index in [1.54, 1.807) is 0 Å². The first kappa shape index (κ1) is 31.5. The van der Waals surface area contributed by atoms with Crippen LogP contribution < -0.4 is 15.5 Å². The second-order valence-electron chi connectivity index (χ2n) is 11.4.